The smallest absolute Gasteiger partial charge is 0.0283 e. The van der Waals surface area contributed by atoms with Gasteiger partial charge in [-0.2, -0.15) is 0 Å². The fourth-order valence-electron chi connectivity index (χ4n) is 1.45. The van der Waals surface area contributed by atoms with Crippen LogP contribution in [0.3, 0.4) is 0 Å². The molecule has 0 aromatic carbocycles. The summed E-state index contributed by atoms with van der Waals surface area (Å²) >= 11 is 0. The Kier molecular flexibility index (Phi) is 2.98. The van der Waals surface area contributed by atoms with Gasteiger partial charge in [0.1, 0.15) is 0 Å². The second kappa shape index (κ2) is 3.80. The third kappa shape index (κ3) is 2.55. The first-order valence-electron chi connectivity index (χ1n) is 4.30. The summed E-state index contributed by atoms with van der Waals surface area (Å²) in [5.41, 5.74) is 1.35. The van der Waals surface area contributed by atoms with Crippen LogP contribution >= 0.6 is 0 Å². The topological polar surface area (TPSA) is 0 Å². The number of rotatable bonds is 0. The highest BCUT2D eigenvalue weighted by Gasteiger charge is 2.04. The molecule has 0 N–H and O–H groups in total. The predicted molar refractivity (Wildman–Crippen MR) is 45.7 cm³/mol. The van der Waals surface area contributed by atoms with Gasteiger partial charge in [0.15, 0.2) is 0 Å². The molecule has 0 nitrogen and oxygen atoms in total. The number of hydrogen-bond donors (Lipinski definition) is 0. The molecular weight excluding hydrogens is 120 g/mol. The predicted octanol–water partition coefficient (Wildman–Crippen LogP) is 3.35. The Hall–Kier alpha value is -0.260. The molecular formula is C10H17. The van der Waals surface area contributed by atoms with Crippen LogP contribution in [0.15, 0.2) is 11.6 Å². The van der Waals surface area contributed by atoms with Crippen molar-refractivity contribution < 1.29 is 0 Å². The van der Waals surface area contributed by atoms with Gasteiger partial charge in [-0.05, 0) is 38.5 Å². The van der Waals surface area contributed by atoms with Crippen LogP contribution in [0.2, 0.25) is 0 Å². The third-order valence-corrected chi connectivity index (χ3v) is 2.29. The van der Waals surface area contributed by atoms with Crippen molar-refractivity contribution >= 4 is 0 Å². The van der Waals surface area contributed by atoms with Crippen molar-refractivity contribution in [2.24, 2.45) is 5.92 Å². The van der Waals surface area contributed by atoms with Gasteiger partial charge in [0.05, 0.1) is 0 Å². The minimum absolute atomic E-state index is 0.922. The lowest BCUT2D eigenvalue weighted by Gasteiger charge is -2.13. The SMILES string of the molecule is [CH2]/C1=C/CCCC(C)CC1. The minimum Gasteiger partial charge on any atom is -0.0853 e. The molecule has 0 saturated heterocycles. The molecule has 1 unspecified atom stereocenters. The van der Waals surface area contributed by atoms with Crippen LogP contribution in [0, 0.1) is 12.8 Å². The van der Waals surface area contributed by atoms with E-state index < -0.39 is 0 Å². The average molecular weight is 137 g/mol. The molecule has 0 heteroatoms. The Balaban J connectivity index is 2.39. The van der Waals surface area contributed by atoms with Crippen LogP contribution < -0.4 is 0 Å². The molecule has 0 saturated carbocycles. The molecule has 57 valence electrons. The molecule has 0 spiro atoms. The summed E-state index contributed by atoms with van der Waals surface area (Å²) in [7, 11) is 0. The fraction of sp³-hybridized carbons (Fsp3) is 0.700. The van der Waals surface area contributed by atoms with Gasteiger partial charge in [-0.15, -0.1) is 0 Å². The van der Waals surface area contributed by atoms with Crippen molar-refractivity contribution in [3.05, 3.63) is 18.6 Å². The maximum absolute atomic E-state index is 3.99. The molecule has 1 aliphatic rings. The second-order valence-corrected chi connectivity index (χ2v) is 3.44. The summed E-state index contributed by atoms with van der Waals surface area (Å²) in [6.45, 7) is 6.34. The molecule has 1 radical (unpaired) electrons. The summed E-state index contributed by atoms with van der Waals surface area (Å²) in [5.74, 6) is 0.922. The fourth-order valence-corrected chi connectivity index (χ4v) is 1.45. The molecule has 1 rings (SSSR count). The Morgan fingerprint density at radius 3 is 3.10 bits per heavy atom. The highest BCUT2D eigenvalue weighted by Crippen LogP contribution is 2.20. The Bertz CT molecular complexity index is 122. The number of hydrogen-bond acceptors (Lipinski definition) is 0. The van der Waals surface area contributed by atoms with Gasteiger partial charge in [-0.3, -0.25) is 0 Å². The molecule has 0 bridgehead atoms. The van der Waals surface area contributed by atoms with Crippen LogP contribution in [0.25, 0.3) is 0 Å². The standard InChI is InChI=1S/C10H17/c1-9-5-3-4-6-10(2)8-7-9/h5,10H,1,3-4,6-8H2,2H3/b9-5-. The van der Waals surface area contributed by atoms with Crippen molar-refractivity contribution in [2.75, 3.05) is 0 Å². The summed E-state index contributed by atoms with van der Waals surface area (Å²) in [5, 5.41) is 0. The van der Waals surface area contributed by atoms with Crippen molar-refractivity contribution in [1.29, 1.82) is 0 Å². The zero-order valence-electron chi connectivity index (χ0n) is 6.90. The van der Waals surface area contributed by atoms with Gasteiger partial charge >= 0.3 is 0 Å². The van der Waals surface area contributed by atoms with Crippen LogP contribution in [0.5, 0.6) is 0 Å². The first kappa shape index (κ1) is 7.84. The molecule has 0 aromatic rings. The van der Waals surface area contributed by atoms with E-state index in [1.165, 1.54) is 37.7 Å². The van der Waals surface area contributed by atoms with Gasteiger partial charge in [0.2, 0.25) is 0 Å². The summed E-state index contributed by atoms with van der Waals surface area (Å²) in [6, 6.07) is 0. The van der Waals surface area contributed by atoms with E-state index in [1.54, 1.807) is 0 Å². The Morgan fingerprint density at radius 2 is 2.30 bits per heavy atom. The van der Waals surface area contributed by atoms with E-state index in [-0.39, 0.29) is 0 Å². The van der Waals surface area contributed by atoms with E-state index in [1.807, 2.05) is 0 Å². The summed E-state index contributed by atoms with van der Waals surface area (Å²) in [4.78, 5) is 0. The third-order valence-electron chi connectivity index (χ3n) is 2.29. The zero-order valence-corrected chi connectivity index (χ0v) is 6.90. The van der Waals surface area contributed by atoms with Crippen LogP contribution in [0.1, 0.15) is 39.0 Å². The van der Waals surface area contributed by atoms with E-state index in [0.717, 1.165) is 5.92 Å². The first-order chi connectivity index (χ1) is 4.79. The molecule has 0 amide bonds. The summed E-state index contributed by atoms with van der Waals surface area (Å²) in [6.07, 6.45) is 8.88. The van der Waals surface area contributed by atoms with E-state index in [0.29, 0.717) is 0 Å². The van der Waals surface area contributed by atoms with Crippen LogP contribution in [-0.4, -0.2) is 0 Å². The Labute approximate surface area is 64.3 Å². The molecule has 10 heavy (non-hydrogen) atoms. The molecule has 0 heterocycles. The van der Waals surface area contributed by atoms with Gasteiger partial charge < -0.3 is 0 Å². The van der Waals surface area contributed by atoms with Gasteiger partial charge in [0.25, 0.3) is 0 Å². The van der Waals surface area contributed by atoms with Crippen molar-refractivity contribution in [2.45, 2.75) is 39.0 Å². The Morgan fingerprint density at radius 1 is 1.50 bits per heavy atom. The summed E-state index contributed by atoms with van der Waals surface area (Å²) < 4.78 is 0. The molecule has 1 atom stereocenters. The highest BCUT2D eigenvalue weighted by atomic mass is 14.1. The van der Waals surface area contributed by atoms with Gasteiger partial charge in [0, 0.05) is 0 Å². The van der Waals surface area contributed by atoms with Gasteiger partial charge in [-0.1, -0.05) is 25.0 Å². The maximum atomic E-state index is 3.99. The van der Waals surface area contributed by atoms with Crippen LogP contribution in [-0.2, 0) is 0 Å². The van der Waals surface area contributed by atoms with Crippen molar-refractivity contribution in [1.82, 2.24) is 0 Å². The quantitative estimate of drug-likeness (QED) is 0.480. The van der Waals surface area contributed by atoms with Crippen molar-refractivity contribution in [3.63, 3.8) is 0 Å². The van der Waals surface area contributed by atoms with E-state index in [4.69, 9.17) is 0 Å². The van der Waals surface area contributed by atoms with Crippen LogP contribution in [0.4, 0.5) is 0 Å². The molecule has 1 aliphatic carbocycles. The maximum Gasteiger partial charge on any atom is -0.0283 e. The van der Waals surface area contributed by atoms with E-state index in [9.17, 15) is 0 Å². The van der Waals surface area contributed by atoms with Gasteiger partial charge in [-0.25, -0.2) is 0 Å². The molecule has 0 fully saturated rings. The van der Waals surface area contributed by atoms with E-state index in [2.05, 4.69) is 19.9 Å². The average Bonchev–Trinajstić information content (AvgIpc) is 1.90. The number of allylic oxidation sites excluding steroid dienone is 2. The zero-order chi connectivity index (χ0) is 7.40. The first-order valence-corrected chi connectivity index (χ1v) is 4.30. The van der Waals surface area contributed by atoms with E-state index >= 15 is 0 Å². The normalized spacial score (nSPS) is 33.8. The lowest BCUT2D eigenvalue weighted by Crippen LogP contribution is -1.97. The largest absolute Gasteiger partial charge is 0.0853 e. The lowest BCUT2D eigenvalue weighted by atomic mass is 9.93. The highest BCUT2D eigenvalue weighted by molar-refractivity contribution is 5.05. The van der Waals surface area contributed by atoms with Crippen molar-refractivity contribution in [3.8, 4) is 0 Å². The monoisotopic (exact) mass is 137 g/mol. The minimum atomic E-state index is 0.922. The molecule has 0 aliphatic heterocycles. The lowest BCUT2D eigenvalue weighted by molar-refractivity contribution is 0.469. The molecule has 0 aromatic heterocycles. The second-order valence-electron chi connectivity index (χ2n) is 3.44.